The number of halogens is 1. The van der Waals surface area contributed by atoms with Crippen molar-refractivity contribution in [2.45, 2.75) is 0 Å². The number of ether oxygens (including phenoxy) is 3. The van der Waals surface area contributed by atoms with Crippen molar-refractivity contribution in [3.05, 3.63) is 59.4 Å². The van der Waals surface area contributed by atoms with Crippen molar-refractivity contribution >= 4 is 29.5 Å². The largest absolute Gasteiger partial charge is 0.493 e. The first-order valence-corrected chi connectivity index (χ1v) is 8.66. The Morgan fingerprint density at radius 3 is 2.71 bits per heavy atom. The van der Waals surface area contributed by atoms with Gasteiger partial charge in [0.25, 0.3) is 0 Å². The Labute approximate surface area is 167 Å². The number of nitrogens with one attached hydrogen (secondary N) is 2. The minimum Gasteiger partial charge on any atom is -0.493 e. The van der Waals surface area contributed by atoms with Crippen LogP contribution in [0.2, 0.25) is 0 Å². The topological polar surface area (TPSA) is 81.2 Å². The lowest BCUT2D eigenvalue weighted by atomic mass is 10.2. The van der Waals surface area contributed by atoms with Crippen molar-refractivity contribution in [2.24, 2.45) is 5.10 Å². The van der Waals surface area contributed by atoms with Crippen molar-refractivity contribution in [2.75, 3.05) is 27.4 Å². The third kappa shape index (κ3) is 6.29. The lowest BCUT2D eigenvalue weighted by molar-refractivity contribution is 0.0725. The van der Waals surface area contributed by atoms with E-state index in [0.717, 1.165) is 0 Å². The van der Waals surface area contributed by atoms with Gasteiger partial charge in [0.05, 0.1) is 25.5 Å². The first kappa shape index (κ1) is 21.3. The van der Waals surface area contributed by atoms with E-state index in [4.69, 9.17) is 26.4 Å². The molecule has 28 heavy (non-hydrogen) atoms. The molecule has 7 nitrogen and oxygen atoms in total. The lowest BCUT2D eigenvalue weighted by Crippen LogP contribution is -2.34. The molecule has 0 unspecified atom stereocenters. The second-order valence-corrected chi connectivity index (χ2v) is 5.81. The van der Waals surface area contributed by atoms with Crippen LogP contribution in [0.1, 0.15) is 15.9 Å². The van der Waals surface area contributed by atoms with Gasteiger partial charge in [-0.2, -0.15) is 5.10 Å². The van der Waals surface area contributed by atoms with Crippen LogP contribution in [0.3, 0.4) is 0 Å². The highest BCUT2D eigenvalue weighted by molar-refractivity contribution is 7.80. The highest BCUT2D eigenvalue weighted by Gasteiger charge is 2.16. The van der Waals surface area contributed by atoms with Gasteiger partial charge < -0.3 is 19.5 Å². The van der Waals surface area contributed by atoms with Gasteiger partial charge in [-0.25, -0.2) is 9.18 Å². The zero-order valence-corrected chi connectivity index (χ0v) is 16.2. The standard InChI is InChI=1S/C19H20FN3O4S/c1-25-10-9-21-19(28)23-22-12-13-7-8-16(17(11-13)26-2)27-18(24)14-5-3-4-6-15(14)20/h3-8,11-12H,9-10H2,1-2H3,(H2,21,23,28)/b22-12-. The lowest BCUT2D eigenvalue weighted by Gasteiger charge is -2.10. The first-order valence-electron chi connectivity index (χ1n) is 8.25. The molecule has 9 heteroatoms. The molecule has 2 aromatic rings. The normalized spacial score (nSPS) is 10.5. The van der Waals surface area contributed by atoms with Gasteiger partial charge in [0.2, 0.25) is 0 Å². The molecule has 0 aliphatic rings. The molecule has 2 rings (SSSR count). The van der Waals surface area contributed by atoms with Crippen LogP contribution >= 0.6 is 12.2 Å². The van der Waals surface area contributed by atoms with Crippen LogP contribution in [0.15, 0.2) is 47.6 Å². The van der Waals surface area contributed by atoms with Crippen LogP contribution in [0.5, 0.6) is 11.5 Å². The predicted molar refractivity (Wildman–Crippen MR) is 108 cm³/mol. The minimum atomic E-state index is -0.813. The van der Waals surface area contributed by atoms with E-state index >= 15 is 0 Å². The SMILES string of the molecule is COCCNC(=S)N/N=C\c1ccc(OC(=O)c2ccccc2F)c(OC)c1. The first-order chi connectivity index (χ1) is 13.5. The average Bonchev–Trinajstić information content (AvgIpc) is 2.69. The smallest absolute Gasteiger partial charge is 0.346 e. The van der Waals surface area contributed by atoms with Crippen molar-refractivity contribution in [1.29, 1.82) is 0 Å². The highest BCUT2D eigenvalue weighted by Crippen LogP contribution is 2.28. The van der Waals surface area contributed by atoms with Crippen LogP contribution in [0, 0.1) is 5.82 Å². The zero-order chi connectivity index (χ0) is 20.4. The van der Waals surface area contributed by atoms with Gasteiger partial charge in [-0.15, -0.1) is 0 Å². The van der Waals surface area contributed by atoms with E-state index in [1.807, 2.05) is 0 Å². The molecule has 0 fully saturated rings. The number of hydrazone groups is 1. The molecule has 0 heterocycles. The second-order valence-electron chi connectivity index (χ2n) is 5.40. The van der Waals surface area contributed by atoms with Crippen molar-refractivity contribution in [3.8, 4) is 11.5 Å². The molecule has 0 aromatic heterocycles. The molecule has 0 radical (unpaired) electrons. The fraction of sp³-hybridized carbons (Fsp3) is 0.211. The molecule has 0 spiro atoms. The third-order valence-electron chi connectivity index (χ3n) is 3.46. The molecule has 0 saturated heterocycles. The number of carbonyl (C=O) groups is 1. The molecule has 0 atom stereocenters. The monoisotopic (exact) mass is 405 g/mol. The molecular weight excluding hydrogens is 385 g/mol. The number of benzene rings is 2. The highest BCUT2D eigenvalue weighted by atomic mass is 32.1. The Morgan fingerprint density at radius 1 is 1.21 bits per heavy atom. The number of hydrogen-bond donors (Lipinski definition) is 2. The zero-order valence-electron chi connectivity index (χ0n) is 15.4. The van der Waals surface area contributed by atoms with Crippen LogP contribution in [0.25, 0.3) is 0 Å². The predicted octanol–water partition coefficient (Wildman–Crippen LogP) is 2.50. The molecule has 0 bridgehead atoms. The fourth-order valence-electron chi connectivity index (χ4n) is 2.10. The van der Waals surface area contributed by atoms with E-state index in [-0.39, 0.29) is 11.3 Å². The van der Waals surface area contributed by atoms with Crippen molar-refractivity contribution in [3.63, 3.8) is 0 Å². The Balaban J connectivity index is 2.01. The van der Waals surface area contributed by atoms with Gasteiger partial charge in [0, 0.05) is 13.7 Å². The number of rotatable bonds is 8. The Bertz CT molecular complexity index is 861. The number of carbonyl (C=O) groups excluding carboxylic acids is 1. The Morgan fingerprint density at radius 2 is 2.00 bits per heavy atom. The third-order valence-corrected chi connectivity index (χ3v) is 3.69. The van der Waals surface area contributed by atoms with Crippen molar-refractivity contribution < 1.29 is 23.4 Å². The van der Waals surface area contributed by atoms with Gasteiger partial charge in [0.15, 0.2) is 16.6 Å². The molecule has 0 aliphatic carbocycles. The summed E-state index contributed by atoms with van der Waals surface area (Å²) in [6, 6.07) is 10.4. The van der Waals surface area contributed by atoms with Gasteiger partial charge in [-0.05, 0) is 48.1 Å². The van der Waals surface area contributed by atoms with E-state index < -0.39 is 11.8 Å². The number of hydrogen-bond acceptors (Lipinski definition) is 6. The maximum Gasteiger partial charge on any atom is 0.346 e. The van der Waals surface area contributed by atoms with Crippen molar-refractivity contribution in [1.82, 2.24) is 10.7 Å². The summed E-state index contributed by atoms with van der Waals surface area (Å²) >= 11 is 5.05. The molecule has 2 aromatic carbocycles. The quantitative estimate of drug-likeness (QED) is 0.174. The molecule has 0 saturated carbocycles. The van der Waals surface area contributed by atoms with Crippen LogP contribution in [-0.4, -0.2) is 44.7 Å². The summed E-state index contributed by atoms with van der Waals surface area (Å²) in [7, 11) is 3.03. The van der Waals surface area contributed by atoms with E-state index in [1.54, 1.807) is 25.3 Å². The summed E-state index contributed by atoms with van der Waals surface area (Å²) in [5, 5.41) is 7.28. The van der Waals surface area contributed by atoms with Gasteiger partial charge in [0.1, 0.15) is 5.82 Å². The number of thiocarbonyl (C=S) groups is 1. The van der Waals surface area contributed by atoms with E-state index in [1.165, 1.54) is 37.6 Å². The van der Waals surface area contributed by atoms with E-state index in [2.05, 4.69) is 15.8 Å². The maximum absolute atomic E-state index is 13.7. The summed E-state index contributed by atoms with van der Waals surface area (Å²) in [5.41, 5.74) is 3.19. The van der Waals surface area contributed by atoms with E-state index in [0.29, 0.717) is 29.6 Å². The second kappa shape index (κ2) is 11.0. The van der Waals surface area contributed by atoms with Gasteiger partial charge in [-0.1, -0.05) is 12.1 Å². The van der Waals surface area contributed by atoms with Gasteiger partial charge in [-0.3, -0.25) is 5.43 Å². The Kier molecular flexibility index (Phi) is 8.32. The van der Waals surface area contributed by atoms with Crippen LogP contribution in [0.4, 0.5) is 4.39 Å². The molecular formula is C19H20FN3O4S. The number of methoxy groups -OCH3 is 2. The van der Waals surface area contributed by atoms with Gasteiger partial charge >= 0.3 is 5.97 Å². The van der Waals surface area contributed by atoms with E-state index in [9.17, 15) is 9.18 Å². The summed E-state index contributed by atoms with van der Waals surface area (Å²) in [5.74, 6) is -1.00. The Hall–Kier alpha value is -3.04. The fourth-order valence-corrected chi connectivity index (χ4v) is 2.26. The number of esters is 1. The minimum absolute atomic E-state index is 0.158. The summed E-state index contributed by atoms with van der Waals surface area (Å²) in [6.45, 7) is 1.09. The maximum atomic E-state index is 13.7. The summed E-state index contributed by atoms with van der Waals surface area (Å²) in [4.78, 5) is 12.2. The average molecular weight is 405 g/mol. The summed E-state index contributed by atoms with van der Waals surface area (Å²) in [6.07, 6.45) is 1.52. The van der Waals surface area contributed by atoms with Crippen LogP contribution in [-0.2, 0) is 4.74 Å². The summed E-state index contributed by atoms with van der Waals surface area (Å²) < 4.78 is 29.1. The molecule has 148 valence electrons. The molecule has 0 aliphatic heterocycles. The molecule has 0 amide bonds. The van der Waals surface area contributed by atoms with Crippen LogP contribution < -0.4 is 20.2 Å². The molecule has 2 N–H and O–H groups in total. The number of nitrogens with zero attached hydrogens (tertiary/aromatic N) is 1.